The van der Waals surface area contributed by atoms with Crippen molar-refractivity contribution in [3.05, 3.63) is 29.1 Å². The Kier molecular flexibility index (Phi) is 8.55. The third-order valence-corrected chi connectivity index (χ3v) is 8.29. The van der Waals surface area contributed by atoms with Crippen LogP contribution in [-0.4, -0.2) is 49.6 Å². The summed E-state index contributed by atoms with van der Waals surface area (Å²) in [6.07, 6.45) is 2.71. The smallest absolute Gasteiger partial charge is 0.368 e. The van der Waals surface area contributed by atoms with Gasteiger partial charge >= 0.3 is 6.18 Å². The molecule has 4 rings (SSSR count). The Balaban J connectivity index is 1.18. The highest BCUT2D eigenvalue weighted by molar-refractivity contribution is 7.17. The number of fused-ring (bicyclic) bond motifs is 1. The number of nitriles is 1. The first-order valence-electron chi connectivity index (χ1n) is 12.6. The lowest BCUT2D eigenvalue weighted by Gasteiger charge is -2.37. The van der Waals surface area contributed by atoms with Crippen LogP contribution >= 0.6 is 11.3 Å². The van der Waals surface area contributed by atoms with Crippen molar-refractivity contribution in [1.82, 2.24) is 10.2 Å². The van der Waals surface area contributed by atoms with Gasteiger partial charge in [0.1, 0.15) is 0 Å². The fraction of sp³-hybridized carbons (Fsp3) is 0.615. The van der Waals surface area contributed by atoms with Crippen LogP contribution in [0.25, 0.3) is 10.1 Å². The van der Waals surface area contributed by atoms with Crippen molar-refractivity contribution in [2.24, 2.45) is 5.92 Å². The van der Waals surface area contributed by atoms with Gasteiger partial charge in [0.05, 0.1) is 17.3 Å². The average Bonchev–Trinajstić information content (AvgIpc) is 3.27. The van der Waals surface area contributed by atoms with Gasteiger partial charge in [0, 0.05) is 60.5 Å². The van der Waals surface area contributed by atoms with E-state index in [-0.39, 0.29) is 11.9 Å². The van der Waals surface area contributed by atoms with Gasteiger partial charge in [-0.15, -0.1) is 11.3 Å². The predicted molar refractivity (Wildman–Crippen MR) is 133 cm³/mol. The van der Waals surface area contributed by atoms with Crippen molar-refractivity contribution in [1.29, 1.82) is 5.26 Å². The molecule has 2 aromatic rings. The highest BCUT2D eigenvalue weighted by Gasteiger charge is 2.31. The van der Waals surface area contributed by atoms with Crippen molar-refractivity contribution < 1.29 is 18.0 Å². The molecule has 1 N–H and O–H groups in total. The molecule has 0 bridgehead atoms. The molecule has 2 heterocycles. The Morgan fingerprint density at radius 3 is 2.57 bits per heavy atom. The third-order valence-electron chi connectivity index (χ3n) is 7.35. The summed E-state index contributed by atoms with van der Waals surface area (Å²) < 4.78 is 39.7. The fourth-order valence-corrected chi connectivity index (χ4v) is 6.25. The molecule has 1 amide bonds. The van der Waals surface area contributed by atoms with Gasteiger partial charge in [0.2, 0.25) is 5.91 Å². The number of hydrogen-bond donors (Lipinski definition) is 1. The van der Waals surface area contributed by atoms with Crippen molar-refractivity contribution in [3.63, 3.8) is 0 Å². The third kappa shape index (κ3) is 6.89. The lowest BCUT2D eigenvalue weighted by Crippen LogP contribution is -2.47. The van der Waals surface area contributed by atoms with E-state index in [1.54, 1.807) is 6.07 Å². The number of unbranched alkanes of at least 4 members (excludes halogenated alkanes) is 1. The van der Waals surface area contributed by atoms with E-state index in [1.165, 1.54) is 29.9 Å². The molecule has 1 aliphatic heterocycles. The second-order valence-electron chi connectivity index (χ2n) is 9.74. The maximum atomic E-state index is 13.0. The Morgan fingerprint density at radius 1 is 1.14 bits per heavy atom. The number of benzene rings is 1. The standard InChI is InChI=1S/C26H33F3N4OS/c27-26(28,29)20-6-9-22-23(18-35-24(22)17-20)33-15-13-32(14-16-33)12-10-19-4-7-21(8-5-19)31-25(34)3-1-2-11-30/h6,9,17-19,21H,1-5,7-8,10,12-16H2,(H,31,34)/t19-,21-. The molecule has 2 fully saturated rings. The summed E-state index contributed by atoms with van der Waals surface area (Å²) in [7, 11) is 0. The van der Waals surface area contributed by atoms with E-state index in [0.29, 0.717) is 29.9 Å². The molecule has 0 unspecified atom stereocenters. The number of anilines is 1. The van der Waals surface area contributed by atoms with Crippen LogP contribution in [0, 0.1) is 17.2 Å². The monoisotopic (exact) mass is 506 g/mol. The summed E-state index contributed by atoms with van der Waals surface area (Å²) in [4.78, 5) is 16.8. The zero-order valence-electron chi connectivity index (χ0n) is 19.9. The van der Waals surface area contributed by atoms with E-state index in [2.05, 4.69) is 21.2 Å². The summed E-state index contributed by atoms with van der Waals surface area (Å²) >= 11 is 1.38. The van der Waals surface area contributed by atoms with Crippen LogP contribution in [0.5, 0.6) is 0 Å². The number of carbonyl (C=O) groups excluding carboxylic acids is 1. The molecule has 1 aromatic carbocycles. The number of nitrogens with one attached hydrogen (secondary N) is 1. The van der Waals surface area contributed by atoms with Crippen molar-refractivity contribution in [3.8, 4) is 6.07 Å². The van der Waals surface area contributed by atoms with Gasteiger partial charge in [0.25, 0.3) is 0 Å². The first kappa shape index (κ1) is 25.8. The Morgan fingerprint density at radius 2 is 1.89 bits per heavy atom. The molecule has 1 aliphatic carbocycles. The quantitative estimate of drug-likeness (QED) is 0.460. The molecule has 2 aliphatic rings. The molecule has 0 radical (unpaired) electrons. The molecule has 9 heteroatoms. The predicted octanol–water partition coefficient (Wildman–Crippen LogP) is 5.80. The number of rotatable bonds is 8. The number of hydrogen-bond acceptors (Lipinski definition) is 5. The molecular formula is C26H33F3N4OS. The summed E-state index contributed by atoms with van der Waals surface area (Å²) in [6, 6.07) is 6.41. The summed E-state index contributed by atoms with van der Waals surface area (Å²) in [6.45, 7) is 4.77. The van der Waals surface area contributed by atoms with E-state index in [1.807, 2.05) is 5.38 Å². The zero-order chi connectivity index (χ0) is 24.8. The highest BCUT2D eigenvalue weighted by atomic mass is 32.1. The lowest BCUT2D eigenvalue weighted by atomic mass is 9.84. The zero-order valence-corrected chi connectivity index (χ0v) is 20.8. The summed E-state index contributed by atoms with van der Waals surface area (Å²) in [5.41, 5.74) is 0.460. The van der Waals surface area contributed by atoms with Gasteiger partial charge in [-0.3, -0.25) is 9.69 Å². The van der Waals surface area contributed by atoms with Crippen LogP contribution in [0.1, 0.15) is 56.9 Å². The number of nitrogens with zero attached hydrogens (tertiary/aromatic N) is 3. The Labute approximate surface area is 208 Å². The molecular weight excluding hydrogens is 473 g/mol. The summed E-state index contributed by atoms with van der Waals surface area (Å²) in [5, 5.41) is 14.6. The largest absolute Gasteiger partial charge is 0.416 e. The van der Waals surface area contributed by atoms with E-state index in [0.717, 1.165) is 69.5 Å². The SMILES string of the molecule is N#CCCCC(=O)N[C@H]1CC[C@H](CCN2CCN(c3csc4cc(C(F)(F)F)ccc34)CC2)CC1. The van der Waals surface area contributed by atoms with Gasteiger partial charge in [-0.1, -0.05) is 6.07 Å². The number of halogens is 3. The number of thiophene rings is 1. The second-order valence-corrected chi connectivity index (χ2v) is 10.7. The maximum absolute atomic E-state index is 13.0. The molecule has 35 heavy (non-hydrogen) atoms. The fourth-order valence-electron chi connectivity index (χ4n) is 5.24. The van der Waals surface area contributed by atoms with Crippen LogP contribution < -0.4 is 10.2 Å². The average molecular weight is 507 g/mol. The van der Waals surface area contributed by atoms with E-state index < -0.39 is 11.7 Å². The van der Waals surface area contributed by atoms with Crippen molar-refractivity contribution >= 4 is 33.0 Å². The normalized spacial score (nSPS) is 21.7. The molecule has 1 saturated heterocycles. The molecule has 190 valence electrons. The number of alkyl halides is 3. The van der Waals surface area contributed by atoms with Crippen LogP contribution in [0.4, 0.5) is 18.9 Å². The lowest BCUT2D eigenvalue weighted by molar-refractivity contribution is -0.137. The Bertz CT molecular complexity index is 1030. The van der Waals surface area contributed by atoms with Crippen LogP contribution in [0.15, 0.2) is 23.6 Å². The second kappa shape index (κ2) is 11.6. The highest BCUT2D eigenvalue weighted by Crippen LogP contribution is 2.38. The minimum atomic E-state index is -4.31. The van der Waals surface area contributed by atoms with E-state index in [4.69, 9.17) is 5.26 Å². The number of amides is 1. The molecule has 1 aromatic heterocycles. The van der Waals surface area contributed by atoms with E-state index >= 15 is 0 Å². The Hall–Kier alpha value is -2.31. The van der Waals surface area contributed by atoms with Crippen LogP contribution in [0.2, 0.25) is 0 Å². The van der Waals surface area contributed by atoms with Gasteiger partial charge in [-0.25, -0.2) is 0 Å². The van der Waals surface area contributed by atoms with Crippen molar-refractivity contribution in [2.75, 3.05) is 37.6 Å². The minimum Gasteiger partial charge on any atom is -0.368 e. The van der Waals surface area contributed by atoms with Gasteiger partial charge in [0.15, 0.2) is 0 Å². The first-order chi connectivity index (χ1) is 16.8. The number of carbonyl (C=O) groups is 1. The first-order valence-corrected chi connectivity index (χ1v) is 13.4. The molecule has 0 atom stereocenters. The van der Waals surface area contributed by atoms with Crippen LogP contribution in [0.3, 0.4) is 0 Å². The molecule has 5 nitrogen and oxygen atoms in total. The van der Waals surface area contributed by atoms with Crippen molar-refractivity contribution in [2.45, 2.75) is 63.6 Å². The minimum absolute atomic E-state index is 0.0702. The van der Waals surface area contributed by atoms with Gasteiger partial charge < -0.3 is 10.2 Å². The van der Waals surface area contributed by atoms with Gasteiger partial charge in [-0.05, 0) is 63.1 Å². The molecule has 1 saturated carbocycles. The summed E-state index contributed by atoms with van der Waals surface area (Å²) in [5.74, 6) is 0.768. The number of piperazine rings is 1. The molecule has 0 spiro atoms. The van der Waals surface area contributed by atoms with Crippen LogP contribution in [-0.2, 0) is 11.0 Å². The van der Waals surface area contributed by atoms with Gasteiger partial charge in [-0.2, -0.15) is 18.4 Å². The van der Waals surface area contributed by atoms with E-state index in [9.17, 15) is 18.0 Å². The maximum Gasteiger partial charge on any atom is 0.416 e. The topological polar surface area (TPSA) is 59.4 Å².